The fourth-order valence-corrected chi connectivity index (χ4v) is 2.94. The van der Waals surface area contributed by atoms with E-state index in [9.17, 15) is 4.79 Å². The molecule has 1 aromatic heterocycles. The summed E-state index contributed by atoms with van der Waals surface area (Å²) in [7, 11) is 3.78. The highest BCUT2D eigenvalue weighted by atomic mass is 16.5. The van der Waals surface area contributed by atoms with Crippen molar-refractivity contribution >= 4 is 23.4 Å². The minimum atomic E-state index is -0.212. The highest BCUT2D eigenvalue weighted by Crippen LogP contribution is 2.25. The maximum absolute atomic E-state index is 12.7. The fourth-order valence-electron chi connectivity index (χ4n) is 2.94. The molecule has 1 fully saturated rings. The molecule has 29 heavy (non-hydrogen) atoms. The molecule has 2 aromatic rings. The van der Waals surface area contributed by atoms with Gasteiger partial charge in [-0.2, -0.15) is 4.98 Å². The number of aromatic nitrogens is 2. The van der Waals surface area contributed by atoms with Crippen LogP contribution in [0.3, 0.4) is 0 Å². The Labute approximate surface area is 171 Å². The Morgan fingerprint density at radius 3 is 2.62 bits per heavy atom. The van der Waals surface area contributed by atoms with Gasteiger partial charge in [-0.25, -0.2) is 4.98 Å². The van der Waals surface area contributed by atoms with E-state index in [1.165, 1.54) is 0 Å². The number of anilines is 3. The monoisotopic (exact) mass is 399 g/mol. The van der Waals surface area contributed by atoms with E-state index in [1.807, 2.05) is 31.1 Å². The molecule has 1 N–H and O–H groups in total. The molecule has 0 spiro atoms. The van der Waals surface area contributed by atoms with Gasteiger partial charge >= 0.3 is 0 Å². The molecule has 1 aliphatic rings. The number of amides is 1. The number of hydrogen-bond donors (Lipinski definition) is 1. The molecule has 0 radical (unpaired) electrons. The lowest BCUT2D eigenvalue weighted by Crippen LogP contribution is -2.37. The number of morpholine rings is 1. The zero-order chi connectivity index (χ0) is 20.6. The van der Waals surface area contributed by atoms with Gasteiger partial charge in [0.25, 0.3) is 5.91 Å². The van der Waals surface area contributed by atoms with E-state index in [4.69, 9.17) is 9.47 Å². The van der Waals surface area contributed by atoms with Crippen LogP contribution in [0.2, 0.25) is 0 Å². The second kappa shape index (κ2) is 10.1. The van der Waals surface area contributed by atoms with E-state index in [0.29, 0.717) is 42.8 Å². The van der Waals surface area contributed by atoms with Crippen molar-refractivity contribution in [3.63, 3.8) is 0 Å². The van der Waals surface area contributed by atoms with Crippen molar-refractivity contribution in [1.82, 2.24) is 9.97 Å². The van der Waals surface area contributed by atoms with Gasteiger partial charge < -0.3 is 24.6 Å². The van der Waals surface area contributed by atoms with Gasteiger partial charge in [0, 0.05) is 32.7 Å². The Bertz CT molecular complexity index is 804. The van der Waals surface area contributed by atoms with Crippen molar-refractivity contribution in [3.8, 4) is 5.75 Å². The van der Waals surface area contributed by atoms with Crippen LogP contribution in [0.15, 0.2) is 30.5 Å². The van der Waals surface area contributed by atoms with Crippen molar-refractivity contribution in [3.05, 3.63) is 36.0 Å². The van der Waals surface area contributed by atoms with Crippen LogP contribution >= 0.6 is 0 Å². The van der Waals surface area contributed by atoms with E-state index in [2.05, 4.69) is 27.1 Å². The molecular formula is C21H29N5O3. The smallest absolute Gasteiger partial charge is 0.255 e. The van der Waals surface area contributed by atoms with Gasteiger partial charge in [-0.3, -0.25) is 4.79 Å². The third-order valence-electron chi connectivity index (χ3n) is 4.60. The van der Waals surface area contributed by atoms with Crippen LogP contribution in [0.5, 0.6) is 5.75 Å². The van der Waals surface area contributed by atoms with Crippen LogP contribution in [0.1, 0.15) is 30.1 Å². The molecule has 8 heteroatoms. The van der Waals surface area contributed by atoms with E-state index in [1.54, 1.807) is 18.3 Å². The van der Waals surface area contributed by atoms with E-state index in [-0.39, 0.29) is 5.91 Å². The largest absolute Gasteiger partial charge is 0.494 e. The van der Waals surface area contributed by atoms with Crippen LogP contribution in [0.25, 0.3) is 0 Å². The molecule has 0 bridgehead atoms. The molecule has 0 atom stereocenters. The van der Waals surface area contributed by atoms with E-state index < -0.39 is 0 Å². The second-order valence-corrected chi connectivity index (χ2v) is 7.08. The van der Waals surface area contributed by atoms with Gasteiger partial charge in [0.05, 0.1) is 26.0 Å². The summed E-state index contributed by atoms with van der Waals surface area (Å²) < 4.78 is 11.0. The molecule has 156 valence electrons. The summed E-state index contributed by atoms with van der Waals surface area (Å²) in [5.74, 6) is 1.86. The number of unbranched alkanes of at least 4 members (excludes halogenated alkanes) is 1. The Balaban J connectivity index is 1.70. The first kappa shape index (κ1) is 20.9. The number of nitrogens with one attached hydrogen (secondary N) is 1. The van der Waals surface area contributed by atoms with Gasteiger partial charge in [0.15, 0.2) is 5.82 Å². The molecule has 3 rings (SSSR count). The maximum atomic E-state index is 12.7. The molecule has 2 heterocycles. The lowest BCUT2D eigenvalue weighted by Gasteiger charge is -2.28. The summed E-state index contributed by atoms with van der Waals surface area (Å²) in [6.45, 7) is 5.64. The fraction of sp³-hybridized carbons (Fsp3) is 0.476. The van der Waals surface area contributed by atoms with Crippen LogP contribution in [-0.2, 0) is 4.74 Å². The summed E-state index contributed by atoms with van der Waals surface area (Å²) in [6.07, 6.45) is 3.75. The maximum Gasteiger partial charge on any atom is 0.255 e. The normalized spacial score (nSPS) is 13.8. The minimum Gasteiger partial charge on any atom is -0.494 e. The number of ether oxygens (including phenoxy) is 2. The third kappa shape index (κ3) is 5.57. The van der Waals surface area contributed by atoms with Crippen LogP contribution in [0.4, 0.5) is 17.5 Å². The Morgan fingerprint density at radius 2 is 1.97 bits per heavy atom. The van der Waals surface area contributed by atoms with E-state index in [0.717, 1.165) is 31.7 Å². The lowest BCUT2D eigenvalue weighted by atomic mass is 10.2. The first-order valence-corrected chi connectivity index (χ1v) is 9.99. The van der Waals surface area contributed by atoms with Crippen LogP contribution in [0, 0.1) is 0 Å². The molecule has 0 saturated carbocycles. The Morgan fingerprint density at radius 1 is 1.24 bits per heavy atom. The number of rotatable bonds is 8. The van der Waals surface area contributed by atoms with Crippen molar-refractivity contribution in [2.24, 2.45) is 0 Å². The number of carbonyl (C=O) groups excluding carboxylic acids is 1. The van der Waals surface area contributed by atoms with Crippen molar-refractivity contribution in [2.45, 2.75) is 19.8 Å². The highest BCUT2D eigenvalue weighted by molar-refractivity contribution is 6.05. The van der Waals surface area contributed by atoms with Gasteiger partial charge in [-0.1, -0.05) is 13.3 Å². The van der Waals surface area contributed by atoms with Crippen molar-refractivity contribution < 1.29 is 14.3 Å². The summed E-state index contributed by atoms with van der Waals surface area (Å²) in [4.78, 5) is 25.7. The molecule has 1 amide bonds. The topological polar surface area (TPSA) is 79.8 Å². The summed E-state index contributed by atoms with van der Waals surface area (Å²) in [5, 5.41) is 2.92. The van der Waals surface area contributed by atoms with Gasteiger partial charge in [0.1, 0.15) is 11.4 Å². The quantitative estimate of drug-likeness (QED) is 0.684. The zero-order valence-electron chi connectivity index (χ0n) is 17.4. The molecule has 1 aliphatic heterocycles. The second-order valence-electron chi connectivity index (χ2n) is 7.08. The number of benzene rings is 1. The first-order valence-electron chi connectivity index (χ1n) is 9.99. The Hall–Kier alpha value is -2.87. The number of hydrogen-bond acceptors (Lipinski definition) is 7. The summed E-state index contributed by atoms with van der Waals surface area (Å²) >= 11 is 0. The molecular weight excluding hydrogens is 370 g/mol. The summed E-state index contributed by atoms with van der Waals surface area (Å²) in [5.41, 5.74) is 1.12. The lowest BCUT2D eigenvalue weighted by molar-refractivity contribution is 0.102. The average molecular weight is 399 g/mol. The molecule has 1 saturated heterocycles. The van der Waals surface area contributed by atoms with Crippen LogP contribution < -0.4 is 19.9 Å². The highest BCUT2D eigenvalue weighted by Gasteiger charge is 2.18. The van der Waals surface area contributed by atoms with Gasteiger partial charge in [0.2, 0.25) is 5.95 Å². The third-order valence-corrected chi connectivity index (χ3v) is 4.60. The van der Waals surface area contributed by atoms with Crippen molar-refractivity contribution in [1.29, 1.82) is 0 Å². The van der Waals surface area contributed by atoms with Crippen molar-refractivity contribution in [2.75, 3.05) is 62.1 Å². The molecule has 0 aliphatic carbocycles. The minimum absolute atomic E-state index is 0.212. The average Bonchev–Trinajstić information content (AvgIpc) is 2.75. The van der Waals surface area contributed by atoms with E-state index >= 15 is 0 Å². The SMILES string of the molecule is CCCCOc1ccc(C(=O)Nc2cnc(N3CCOCC3)nc2N(C)C)cc1. The first-order chi connectivity index (χ1) is 14.1. The predicted molar refractivity (Wildman–Crippen MR) is 114 cm³/mol. The zero-order valence-corrected chi connectivity index (χ0v) is 17.4. The number of carbonyl (C=O) groups is 1. The number of nitrogens with zero attached hydrogens (tertiary/aromatic N) is 4. The predicted octanol–water partition coefficient (Wildman–Crippen LogP) is 2.81. The van der Waals surface area contributed by atoms with Gasteiger partial charge in [-0.05, 0) is 30.7 Å². The Kier molecular flexibility index (Phi) is 7.24. The van der Waals surface area contributed by atoms with Crippen LogP contribution in [-0.4, -0.2) is 62.9 Å². The standard InChI is InChI=1S/C21H29N5O3/c1-4-5-12-29-17-8-6-16(7-9-17)20(27)23-18-15-22-21(24-19(18)25(2)3)26-10-13-28-14-11-26/h6-9,15H,4-5,10-14H2,1-3H3,(H,23,27). The van der Waals surface area contributed by atoms with Gasteiger partial charge in [-0.15, -0.1) is 0 Å². The molecule has 1 aromatic carbocycles. The molecule has 8 nitrogen and oxygen atoms in total. The summed E-state index contributed by atoms with van der Waals surface area (Å²) in [6, 6.07) is 7.15. The molecule has 0 unspecified atom stereocenters.